The Morgan fingerprint density at radius 3 is 2.08 bits per heavy atom. The number of hydrogen-bond donors (Lipinski definition) is 1. The molecule has 2 atom stereocenters. The van der Waals surface area contributed by atoms with Gasteiger partial charge in [-0.2, -0.15) is 0 Å². The molecule has 1 aliphatic rings. The van der Waals surface area contributed by atoms with Crippen molar-refractivity contribution in [2.24, 2.45) is 0 Å². The monoisotopic (exact) mass is 558 g/mol. The molecule has 1 aliphatic heterocycles. The van der Waals surface area contributed by atoms with Crippen LogP contribution in [-0.2, 0) is 9.53 Å². The third-order valence-electron chi connectivity index (χ3n) is 7.59. The van der Waals surface area contributed by atoms with Crippen molar-refractivity contribution in [3.05, 3.63) is 90.0 Å². The minimum absolute atomic E-state index is 0.218. The molecule has 1 saturated heterocycles. The zero-order valence-corrected chi connectivity index (χ0v) is 24.5. The molecule has 6 nitrogen and oxygen atoms in total. The Labute approximate surface area is 238 Å². The molecule has 0 saturated carbocycles. The number of nitrogens with zero attached hydrogens (tertiary/aromatic N) is 1. The minimum Gasteiger partial charge on any atom is -0.465 e. The lowest BCUT2D eigenvalue weighted by Gasteiger charge is -2.38. The molecule has 4 rings (SSSR count). The van der Waals surface area contributed by atoms with Crippen LogP contribution >= 0.6 is 7.92 Å². The van der Waals surface area contributed by atoms with Gasteiger partial charge in [0.2, 0.25) is 0 Å². The lowest BCUT2D eigenvalue weighted by molar-refractivity contribution is -0.121. The highest BCUT2D eigenvalue weighted by atomic mass is 31.1. The molecule has 1 amide bonds. The first kappa shape index (κ1) is 29.6. The number of ether oxygens (including phenoxy) is 1. The first-order valence-corrected chi connectivity index (χ1v) is 15.4. The number of carbonyl (C=O) groups excluding carboxylic acids is 3. The zero-order chi connectivity index (χ0) is 28.5. The molecule has 7 heteroatoms. The Hall–Kier alpha value is -3.34. The molecule has 1 fully saturated rings. The van der Waals surface area contributed by atoms with Crippen LogP contribution in [0.4, 0.5) is 0 Å². The summed E-state index contributed by atoms with van der Waals surface area (Å²) in [6.45, 7) is 5.29. The van der Waals surface area contributed by atoms with Crippen molar-refractivity contribution in [1.29, 1.82) is 0 Å². The average Bonchev–Trinajstić information content (AvgIpc) is 2.98. The number of hydrogen-bond acceptors (Lipinski definition) is 5. The normalized spacial score (nSPS) is 17.4. The van der Waals surface area contributed by atoms with Gasteiger partial charge in [-0.3, -0.25) is 14.5 Å². The molecule has 210 valence electrons. The number of nitrogens with one attached hydrogen (secondary N) is 1. The quantitative estimate of drug-likeness (QED) is 0.212. The first-order chi connectivity index (χ1) is 19.4. The summed E-state index contributed by atoms with van der Waals surface area (Å²) in [5.74, 6) is -0.437. The lowest BCUT2D eigenvalue weighted by Crippen LogP contribution is -2.46. The van der Waals surface area contributed by atoms with E-state index in [-0.39, 0.29) is 11.7 Å². The predicted molar refractivity (Wildman–Crippen MR) is 163 cm³/mol. The smallest absolute Gasteiger partial charge is 0.338 e. The summed E-state index contributed by atoms with van der Waals surface area (Å²) in [7, 11) is 0.252. The van der Waals surface area contributed by atoms with E-state index in [0.717, 1.165) is 28.8 Å². The number of esters is 1. The van der Waals surface area contributed by atoms with Crippen molar-refractivity contribution < 1.29 is 19.1 Å². The van der Waals surface area contributed by atoms with Crippen molar-refractivity contribution >= 4 is 41.5 Å². The molecule has 40 heavy (non-hydrogen) atoms. The van der Waals surface area contributed by atoms with E-state index in [0.29, 0.717) is 49.1 Å². The maximum Gasteiger partial charge on any atom is 0.338 e. The second-order valence-electron chi connectivity index (χ2n) is 10.4. The van der Waals surface area contributed by atoms with Crippen molar-refractivity contribution in [2.45, 2.75) is 58.0 Å². The van der Waals surface area contributed by atoms with Gasteiger partial charge < -0.3 is 10.1 Å². The zero-order valence-electron chi connectivity index (χ0n) is 23.6. The fourth-order valence-corrected chi connectivity index (χ4v) is 7.85. The third-order valence-corrected chi connectivity index (χ3v) is 10.1. The number of rotatable bonds is 11. The van der Waals surface area contributed by atoms with Crippen molar-refractivity contribution in [1.82, 2.24) is 10.2 Å². The third kappa shape index (κ3) is 7.44. The van der Waals surface area contributed by atoms with Crippen molar-refractivity contribution in [2.75, 3.05) is 20.2 Å². The van der Waals surface area contributed by atoms with E-state index in [1.54, 1.807) is 12.1 Å². The van der Waals surface area contributed by atoms with Gasteiger partial charge in [0.15, 0.2) is 0 Å². The van der Waals surface area contributed by atoms with Crippen LogP contribution in [0, 0.1) is 0 Å². The summed E-state index contributed by atoms with van der Waals surface area (Å²) in [4.78, 5) is 40.9. The molecular weight excluding hydrogens is 519 g/mol. The first-order valence-electron chi connectivity index (χ1n) is 14.1. The number of ketones is 1. The Balaban J connectivity index is 1.48. The molecule has 0 bridgehead atoms. The molecule has 1 heterocycles. The Morgan fingerprint density at radius 1 is 0.900 bits per heavy atom. The summed E-state index contributed by atoms with van der Waals surface area (Å²) in [6.07, 6.45) is 4.54. The number of Topliss-reactive ketones (excluding diaryl/α,β-unsaturated/α-hetero) is 1. The van der Waals surface area contributed by atoms with E-state index in [2.05, 4.69) is 48.3 Å². The number of likely N-dealkylation sites (tertiary alicyclic amines) is 1. The molecular formula is C33H39N2O4P. The second-order valence-corrected chi connectivity index (χ2v) is 12.6. The summed E-state index contributed by atoms with van der Waals surface area (Å²) in [5, 5.41) is 5.88. The number of carbonyl (C=O) groups is 3. The Morgan fingerprint density at radius 2 is 1.50 bits per heavy atom. The van der Waals surface area contributed by atoms with Crippen LogP contribution in [0.1, 0.15) is 66.7 Å². The van der Waals surface area contributed by atoms with Crippen LogP contribution < -0.4 is 21.2 Å². The van der Waals surface area contributed by atoms with Crippen LogP contribution in [0.15, 0.2) is 78.9 Å². The lowest BCUT2D eigenvalue weighted by atomic mass is 9.97. The molecule has 3 aromatic rings. The predicted octanol–water partition coefficient (Wildman–Crippen LogP) is 4.57. The minimum atomic E-state index is -1.12. The van der Waals surface area contributed by atoms with Gasteiger partial charge in [-0.25, -0.2) is 4.79 Å². The molecule has 0 aromatic heterocycles. The average molecular weight is 559 g/mol. The van der Waals surface area contributed by atoms with Crippen LogP contribution in [0.2, 0.25) is 0 Å². The highest BCUT2D eigenvalue weighted by Gasteiger charge is 2.27. The summed E-state index contributed by atoms with van der Waals surface area (Å²) < 4.78 is 5.10. The van der Waals surface area contributed by atoms with Gasteiger partial charge in [-0.1, -0.05) is 67.1 Å². The van der Waals surface area contributed by atoms with Crippen LogP contribution in [0.25, 0.3) is 0 Å². The molecule has 3 aromatic carbocycles. The van der Waals surface area contributed by atoms with Crippen LogP contribution in [0.5, 0.6) is 0 Å². The summed E-state index contributed by atoms with van der Waals surface area (Å²) in [6, 6.07) is 26.1. The SMILES string of the molecule is COC(=O)c1ccc(C(=O)NCCCC(=O)CN2C(C)CCCC2C)cc1P(c1ccccc1)c1ccccc1. The standard InChI is InChI=1S/C33H39N2O4P/c1-24-12-10-13-25(2)35(24)23-27(36)14-11-21-34-32(37)26-19-20-30(33(38)39-3)31(22-26)40(28-15-6-4-7-16-28)29-17-8-5-9-18-29/h4-9,15-20,22,24-25H,10-14,21,23H2,1-3H3,(H,34,37). The maximum atomic E-state index is 13.2. The maximum absolute atomic E-state index is 13.2. The Kier molecular flexibility index (Phi) is 10.6. The van der Waals surface area contributed by atoms with E-state index in [1.165, 1.54) is 13.5 Å². The molecule has 0 spiro atoms. The van der Waals surface area contributed by atoms with Crippen molar-refractivity contribution in [3.63, 3.8) is 0 Å². The Bertz CT molecular complexity index is 1250. The largest absolute Gasteiger partial charge is 0.465 e. The number of benzene rings is 3. The van der Waals surface area contributed by atoms with E-state index in [4.69, 9.17) is 4.74 Å². The van der Waals surface area contributed by atoms with Crippen LogP contribution in [0.3, 0.4) is 0 Å². The van der Waals surface area contributed by atoms with Gasteiger partial charge >= 0.3 is 5.97 Å². The van der Waals surface area contributed by atoms with Crippen molar-refractivity contribution in [3.8, 4) is 0 Å². The number of piperidine rings is 1. The highest BCUT2D eigenvalue weighted by molar-refractivity contribution is 7.80. The van der Waals surface area contributed by atoms with Gasteiger partial charge in [-0.15, -0.1) is 0 Å². The van der Waals surface area contributed by atoms with Gasteiger partial charge in [0.25, 0.3) is 5.91 Å². The van der Waals surface area contributed by atoms with E-state index < -0.39 is 13.9 Å². The van der Waals surface area contributed by atoms with Crippen LogP contribution in [-0.4, -0.2) is 54.8 Å². The fourth-order valence-electron chi connectivity index (χ4n) is 5.38. The summed E-state index contributed by atoms with van der Waals surface area (Å²) in [5.41, 5.74) is 0.925. The molecule has 0 radical (unpaired) electrons. The second kappa shape index (κ2) is 14.3. The molecule has 2 unspecified atom stereocenters. The van der Waals surface area contributed by atoms with E-state index in [9.17, 15) is 14.4 Å². The van der Waals surface area contributed by atoms with E-state index >= 15 is 0 Å². The van der Waals surface area contributed by atoms with Gasteiger partial charge in [0.1, 0.15) is 5.78 Å². The number of methoxy groups -OCH3 is 1. The summed E-state index contributed by atoms with van der Waals surface area (Å²) >= 11 is 0. The van der Waals surface area contributed by atoms with E-state index in [1.807, 2.05) is 42.5 Å². The fraction of sp³-hybridized carbons (Fsp3) is 0.364. The highest BCUT2D eigenvalue weighted by Crippen LogP contribution is 2.34. The molecule has 0 aliphatic carbocycles. The van der Waals surface area contributed by atoms with Gasteiger partial charge in [0.05, 0.1) is 19.2 Å². The van der Waals surface area contributed by atoms with Gasteiger partial charge in [0, 0.05) is 35.9 Å². The van der Waals surface area contributed by atoms with Gasteiger partial charge in [-0.05, 0) is 69.8 Å². The number of amides is 1. The molecule has 1 N–H and O–H groups in total. The topological polar surface area (TPSA) is 75.7 Å².